The van der Waals surface area contributed by atoms with Crippen LogP contribution < -0.4 is 0 Å². The molecular formula is C10H21O5P. The van der Waals surface area contributed by atoms with Crippen LogP contribution in [-0.2, 0) is 9.53 Å². The van der Waals surface area contributed by atoms with Gasteiger partial charge in [0.2, 0.25) is 0 Å². The van der Waals surface area contributed by atoms with Crippen molar-refractivity contribution in [3.63, 3.8) is 0 Å². The summed E-state index contributed by atoms with van der Waals surface area (Å²) < 4.78 is 4.81. The molecule has 0 aromatic rings. The van der Waals surface area contributed by atoms with Gasteiger partial charge in [0.15, 0.2) is 0 Å². The van der Waals surface area contributed by atoms with Crippen molar-refractivity contribution in [2.45, 2.75) is 32.9 Å². The number of esters is 1. The molecule has 0 aromatic carbocycles. The molecule has 0 heterocycles. The molecule has 5 nitrogen and oxygen atoms in total. The van der Waals surface area contributed by atoms with Gasteiger partial charge < -0.3 is 0 Å². The summed E-state index contributed by atoms with van der Waals surface area (Å²) in [7, 11) is -4.56. The number of rotatable bonds is 6. The van der Waals surface area contributed by atoms with Gasteiger partial charge in [0, 0.05) is 0 Å². The Labute approximate surface area is 95.9 Å². The maximum absolute atomic E-state index is 11.0. The number of hydrogen-bond acceptors (Lipinski definition) is 5. The molecule has 0 aromatic heterocycles. The summed E-state index contributed by atoms with van der Waals surface area (Å²) in [6, 6.07) is 0. The zero-order valence-electron chi connectivity index (χ0n) is 10.0. The van der Waals surface area contributed by atoms with Crippen LogP contribution in [0.3, 0.4) is 0 Å². The van der Waals surface area contributed by atoms with Gasteiger partial charge in [0.05, 0.1) is 0 Å². The molecule has 0 amide bonds. The quantitative estimate of drug-likeness (QED) is 0.375. The summed E-state index contributed by atoms with van der Waals surface area (Å²) in [5.41, 5.74) is -0.411. The Hall–Kier alpha value is -0.480. The van der Waals surface area contributed by atoms with E-state index in [-0.39, 0.29) is 24.8 Å². The number of carbonyl (C=O) groups excluding carboxylic acids is 1. The average molecular weight is 252 g/mol. The van der Waals surface area contributed by atoms with Crippen LogP contribution in [0.2, 0.25) is 0 Å². The fourth-order valence-corrected chi connectivity index (χ4v) is 2.28. The van der Waals surface area contributed by atoms with Crippen LogP contribution in [0.15, 0.2) is 12.2 Å². The third kappa shape index (κ3) is 4.58. The second-order valence-corrected chi connectivity index (χ2v) is 8.05. The average Bonchev–Trinajstić information content (AvgIpc) is 2.16. The molecule has 0 aliphatic rings. The monoisotopic (exact) mass is 252 g/mol. The Morgan fingerprint density at radius 2 is 1.94 bits per heavy atom. The second-order valence-electron chi connectivity index (χ2n) is 4.09. The zero-order valence-corrected chi connectivity index (χ0v) is 10.9. The molecule has 16 heavy (non-hydrogen) atoms. The van der Waals surface area contributed by atoms with Crippen LogP contribution in [-0.4, -0.2) is 39.1 Å². The normalized spacial score (nSPS) is 16.0. The van der Waals surface area contributed by atoms with Crippen molar-refractivity contribution in [3.05, 3.63) is 12.2 Å². The molecule has 1 unspecified atom stereocenters. The molecule has 0 aliphatic carbocycles. The Morgan fingerprint density at radius 3 is 2.31 bits per heavy atom. The van der Waals surface area contributed by atoms with Gasteiger partial charge in [0.1, 0.15) is 0 Å². The van der Waals surface area contributed by atoms with Gasteiger partial charge in [-0.2, -0.15) is 0 Å². The molecule has 0 spiro atoms. The molecule has 0 fully saturated rings. The SMILES string of the molecule is C=C(C)C(=O)OCCC(C)P(O)(O)(O)CC. The van der Waals surface area contributed by atoms with E-state index in [0.717, 1.165) is 0 Å². The molecule has 0 saturated carbocycles. The van der Waals surface area contributed by atoms with E-state index >= 15 is 0 Å². The third-order valence-electron chi connectivity index (χ3n) is 2.63. The first-order valence-corrected chi connectivity index (χ1v) is 7.52. The van der Waals surface area contributed by atoms with E-state index < -0.39 is 18.9 Å². The molecular weight excluding hydrogens is 231 g/mol. The van der Waals surface area contributed by atoms with Crippen molar-refractivity contribution >= 4 is 13.3 Å². The molecule has 0 aliphatic heterocycles. The van der Waals surface area contributed by atoms with Crippen LogP contribution in [0.1, 0.15) is 27.2 Å². The summed E-state index contributed by atoms with van der Waals surface area (Å²) in [6.45, 7) is 8.01. The molecule has 1 atom stereocenters. The predicted molar refractivity (Wildman–Crippen MR) is 64.0 cm³/mol. The van der Waals surface area contributed by atoms with Crippen LogP contribution >= 0.6 is 7.28 Å². The van der Waals surface area contributed by atoms with Gasteiger partial charge in [-0.1, -0.05) is 0 Å². The van der Waals surface area contributed by atoms with Crippen molar-refractivity contribution in [3.8, 4) is 0 Å². The number of carbonyl (C=O) groups is 1. The first-order valence-electron chi connectivity index (χ1n) is 5.17. The van der Waals surface area contributed by atoms with Crippen molar-refractivity contribution < 1.29 is 24.2 Å². The topological polar surface area (TPSA) is 87.0 Å². The Bertz CT molecular complexity index is 279. The van der Waals surface area contributed by atoms with Gasteiger partial charge in [-0.25, -0.2) is 0 Å². The second kappa shape index (κ2) is 5.23. The molecule has 3 N–H and O–H groups in total. The van der Waals surface area contributed by atoms with Crippen LogP contribution in [0.4, 0.5) is 0 Å². The molecule has 6 heteroatoms. The molecule has 0 bridgehead atoms. The number of hydrogen-bond donors (Lipinski definition) is 3. The Morgan fingerprint density at radius 1 is 1.44 bits per heavy atom. The summed E-state index contributed by atoms with van der Waals surface area (Å²) >= 11 is 0. The van der Waals surface area contributed by atoms with E-state index in [1.54, 1.807) is 0 Å². The van der Waals surface area contributed by atoms with Gasteiger partial charge in [-0.3, -0.25) is 0 Å². The van der Waals surface area contributed by atoms with Gasteiger partial charge in [-0.15, -0.1) is 0 Å². The van der Waals surface area contributed by atoms with Crippen LogP contribution in [0.5, 0.6) is 0 Å². The van der Waals surface area contributed by atoms with Crippen LogP contribution in [0, 0.1) is 0 Å². The summed E-state index contributed by atoms with van der Waals surface area (Å²) in [5.74, 6) is -0.516. The summed E-state index contributed by atoms with van der Waals surface area (Å²) in [6.07, 6.45) is 0.107. The van der Waals surface area contributed by atoms with Gasteiger partial charge in [-0.05, 0) is 0 Å². The Balaban J connectivity index is 4.15. The van der Waals surface area contributed by atoms with E-state index in [9.17, 15) is 19.5 Å². The summed E-state index contributed by atoms with van der Waals surface area (Å²) in [4.78, 5) is 39.9. The fourth-order valence-electron chi connectivity index (χ4n) is 1.02. The Kier molecular flexibility index (Phi) is 5.08. The standard InChI is InChI=1S/C10H21O5P/c1-5-16(12,13,14)9(4)6-7-15-10(11)8(2)3/h9,12-14H,2,5-7H2,1,3-4H3. The zero-order chi connectivity index (χ0) is 13.0. The fraction of sp³-hybridized carbons (Fsp3) is 0.700. The minimum absolute atomic E-state index is 0.0342. The minimum atomic E-state index is -4.56. The predicted octanol–water partition coefficient (Wildman–Crippen LogP) is 1.18. The van der Waals surface area contributed by atoms with E-state index in [4.69, 9.17) is 4.74 Å². The first-order chi connectivity index (χ1) is 7.08. The van der Waals surface area contributed by atoms with E-state index in [2.05, 4.69) is 6.58 Å². The van der Waals surface area contributed by atoms with Crippen molar-refractivity contribution in [2.24, 2.45) is 0 Å². The van der Waals surface area contributed by atoms with Gasteiger partial charge >= 0.3 is 95.2 Å². The third-order valence-corrected chi connectivity index (χ3v) is 5.91. The summed E-state index contributed by atoms with van der Waals surface area (Å²) in [5, 5.41) is 0. The van der Waals surface area contributed by atoms with Crippen molar-refractivity contribution in [2.75, 3.05) is 12.8 Å². The molecule has 96 valence electrons. The first kappa shape index (κ1) is 15.5. The molecule has 0 radical (unpaired) electrons. The van der Waals surface area contributed by atoms with E-state index in [1.807, 2.05) is 0 Å². The number of ether oxygens (including phenoxy) is 1. The molecule has 0 saturated heterocycles. The van der Waals surface area contributed by atoms with E-state index in [0.29, 0.717) is 0 Å². The van der Waals surface area contributed by atoms with E-state index in [1.165, 1.54) is 20.8 Å². The van der Waals surface area contributed by atoms with Crippen LogP contribution in [0.25, 0.3) is 0 Å². The van der Waals surface area contributed by atoms with Gasteiger partial charge in [0.25, 0.3) is 0 Å². The van der Waals surface area contributed by atoms with Crippen molar-refractivity contribution in [1.29, 1.82) is 0 Å². The van der Waals surface area contributed by atoms with Crippen molar-refractivity contribution in [1.82, 2.24) is 0 Å². The maximum atomic E-state index is 11.0. The molecule has 0 rings (SSSR count).